The van der Waals surface area contributed by atoms with Crippen LogP contribution in [0.1, 0.15) is 110 Å². The van der Waals surface area contributed by atoms with Crippen molar-refractivity contribution in [2.75, 3.05) is 0 Å². The molecule has 0 aliphatic carbocycles. The second-order valence-corrected chi connectivity index (χ2v) is 13.7. The molecule has 0 spiro atoms. The Balaban J connectivity index is -0.000000209. The van der Waals surface area contributed by atoms with Crippen LogP contribution in [-0.2, 0) is 31.3 Å². The Bertz CT molecular complexity index is 646. The largest absolute Gasteiger partial charge is 0.512 e. The van der Waals surface area contributed by atoms with Gasteiger partial charge in [-0.2, -0.15) is 0 Å². The molecule has 6 nitrogen and oxygen atoms in total. The summed E-state index contributed by atoms with van der Waals surface area (Å²) in [5.41, 5.74) is -2.26. The molecule has 0 radical (unpaired) electrons. The number of carbonyl (C=O) groups excluding carboxylic acids is 2. The Labute approximate surface area is 230 Å². The minimum Gasteiger partial charge on any atom is -0.512 e. The first-order valence-corrected chi connectivity index (χ1v) is 11.8. The van der Waals surface area contributed by atoms with E-state index in [1.54, 1.807) is 20.8 Å². The van der Waals surface area contributed by atoms with Gasteiger partial charge in [0.1, 0.15) is 11.5 Å². The molecule has 0 bridgehead atoms. The van der Waals surface area contributed by atoms with E-state index in [0.29, 0.717) is 6.42 Å². The minimum absolute atomic E-state index is 0. The van der Waals surface area contributed by atoms with E-state index in [4.69, 9.17) is 10.2 Å². The van der Waals surface area contributed by atoms with Gasteiger partial charge in [-0.15, -0.1) is 0 Å². The molecule has 4 N–H and O–H groups in total. The van der Waals surface area contributed by atoms with E-state index in [9.17, 15) is 19.8 Å². The normalized spacial score (nSPS) is 14.4. The smallest absolute Gasteiger partial charge is 0.164 e. The van der Waals surface area contributed by atoms with E-state index in [0.717, 1.165) is 0 Å². The zero-order chi connectivity index (χ0) is 28.5. The molecule has 35 heavy (non-hydrogen) atoms. The van der Waals surface area contributed by atoms with Crippen molar-refractivity contribution < 1.29 is 51.7 Å². The fourth-order valence-electron chi connectivity index (χ4n) is 1.84. The molecule has 0 aromatic rings. The standard InChI is InChI=1S/2C11H20O2.C6H14O2.Ti/c2*1-10(2,3)8(12)7-9(13)11(4,5)6;1-5(7)4-6(2,3)8;/h2*7,12H,1-6H3;5,7-8H,4H2,1-3H3;. The quantitative estimate of drug-likeness (QED) is 0.181. The molecule has 0 saturated heterocycles. The van der Waals surface area contributed by atoms with Crippen LogP contribution in [0.4, 0.5) is 0 Å². The molecule has 0 aromatic heterocycles. The van der Waals surface area contributed by atoms with Crippen LogP contribution in [0.5, 0.6) is 0 Å². The van der Waals surface area contributed by atoms with Crippen LogP contribution in [0.2, 0.25) is 0 Å². The van der Waals surface area contributed by atoms with Crippen LogP contribution in [0.3, 0.4) is 0 Å². The third-order valence-corrected chi connectivity index (χ3v) is 4.35. The van der Waals surface area contributed by atoms with Gasteiger partial charge in [0.25, 0.3) is 0 Å². The number of rotatable bonds is 4. The maximum absolute atomic E-state index is 11.5. The summed E-state index contributed by atoms with van der Waals surface area (Å²) >= 11 is 0. The molecule has 0 fully saturated rings. The molecule has 0 aliphatic heterocycles. The minimum atomic E-state index is -0.728. The van der Waals surface area contributed by atoms with E-state index in [2.05, 4.69) is 0 Å². The Morgan fingerprint density at radius 1 is 0.629 bits per heavy atom. The van der Waals surface area contributed by atoms with E-state index in [1.165, 1.54) is 12.2 Å². The van der Waals surface area contributed by atoms with Crippen molar-refractivity contribution in [3.63, 3.8) is 0 Å². The van der Waals surface area contributed by atoms with Crippen molar-refractivity contribution >= 4 is 11.6 Å². The Hall–Kier alpha value is -0.946. The number of hydrogen-bond acceptors (Lipinski definition) is 6. The number of aliphatic hydroxyl groups is 4. The number of ketones is 2. The maximum Gasteiger partial charge on any atom is 0.164 e. The summed E-state index contributed by atoms with van der Waals surface area (Å²) in [7, 11) is 0. The number of carbonyl (C=O) groups is 2. The van der Waals surface area contributed by atoms with Crippen LogP contribution in [0, 0.1) is 21.7 Å². The van der Waals surface area contributed by atoms with Crippen molar-refractivity contribution in [3.8, 4) is 0 Å². The van der Waals surface area contributed by atoms with Crippen LogP contribution in [-0.4, -0.2) is 43.7 Å². The van der Waals surface area contributed by atoms with Crippen LogP contribution >= 0.6 is 0 Å². The van der Waals surface area contributed by atoms with Crippen molar-refractivity contribution in [1.29, 1.82) is 0 Å². The van der Waals surface area contributed by atoms with Crippen molar-refractivity contribution in [3.05, 3.63) is 23.7 Å². The van der Waals surface area contributed by atoms with Gasteiger partial charge in [-0.3, -0.25) is 9.59 Å². The molecular formula is C28H54O6Ti. The molecule has 1 unspecified atom stereocenters. The topological polar surface area (TPSA) is 115 Å². The fraction of sp³-hybridized carbons (Fsp3) is 0.786. The molecule has 1 atom stereocenters. The van der Waals surface area contributed by atoms with Crippen LogP contribution in [0.25, 0.3) is 0 Å². The van der Waals surface area contributed by atoms with E-state index in [1.807, 2.05) is 83.1 Å². The Morgan fingerprint density at radius 3 is 0.943 bits per heavy atom. The summed E-state index contributed by atoms with van der Waals surface area (Å²) in [5.74, 6) is 0.208. The van der Waals surface area contributed by atoms with Gasteiger partial charge < -0.3 is 20.4 Å². The third-order valence-electron chi connectivity index (χ3n) is 4.35. The van der Waals surface area contributed by atoms with Gasteiger partial charge in [-0.1, -0.05) is 83.1 Å². The summed E-state index contributed by atoms with van der Waals surface area (Å²) in [6.45, 7) is 27.3. The molecule has 0 amide bonds. The Morgan fingerprint density at radius 2 is 0.857 bits per heavy atom. The van der Waals surface area contributed by atoms with E-state index >= 15 is 0 Å². The third kappa shape index (κ3) is 24.5. The monoisotopic (exact) mass is 534 g/mol. The van der Waals surface area contributed by atoms with Crippen molar-refractivity contribution in [2.24, 2.45) is 21.7 Å². The van der Waals surface area contributed by atoms with Crippen LogP contribution in [0.15, 0.2) is 23.7 Å². The summed E-state index contributed by atoms with van der Waals surface area (Å²) < 4.78 is 0. The first-order chi connectivity index (χ1) is 14.5. The molecular weight excluding hydrogens is 480 g/mol. The maximum atomic E-state index is 11.5. The number of aliphatic hydroxyl groups excluding tert-OH is 3. The second-order valence-electron chi connectivity index (χ2n) is 13.7. The average molecular weight is 535 g/mol. The second kappa shape index (κ2) is 15.3. The van der Waals surface area contributed by atoms with Crippen molar-refractivity contribution in [1.82, 2.24) is 0 Å². The first kappa shape index (κ1) is 41.2. The molecule has 206 valence electrons. The summed E-state index contributed by atoms with van der Waals surface area (Å²) in [5, 5.41) is 36.9. The van der Waals surface area contributed by atoms with E-state index in [-0.39, 0.29) is 55.6 Å². The van der Waals surface area contributed by atoms with Gasteiger partial charge in [-0.25, -0.2) is 0 Å². The molecule has 0 heterocycles. The zero-order valence-corrected chi connectivity index (χ0v) is 26.6. The zero-order valence-electron chi connectivity index (χ0n) is 25.0. The molecule has 0 aromatic carbocycles. The molecule has 0 rings (SSSR count). The van der Waals surface area contributed by atoms with Gasteiger partial charge in [0, 0.05) is 62.0 Å². The number of allylic oxidation sites excluding steroid dienone is 4. The summed E-state index contributed by atoms with van der Waals surface area (Å²) in [6.07, 6.45) is 2.70. The van der Waals surface area contributed by atoms with Crippen molar-refractivity contribution in [2.45, 2.75) is 122 Å². The molecule has 0 saturated carbocycles. The van der Waals surface area contributed by atoms with Gasteiger partial charge in [-0.05, 0) is 20.8 Å². The number of hydrogen-bond donors (Lipinski definition) is 4. The average Bonchev–Trinajstić information content (AvgIpc) is 2.49. The van der Waals surface area contributed by atoms with Gasteiger partial charge >= 0.3 is 0 Å². The van der Waals surface area contributed by atoms with Gasteiger partial charge in [0.2, 0.25) is 0 Å². The van der Waals surface area contributed by atoms with E-state index < -0.39 is 22.5 Å². The summed E-state index contributed by atoms with van der Waals surface area (Å²) in [4.78, 5) is 23.0. The Kier molecular flexibility index (Phi) is 18.1. The van der Waals surface area contributed by atoms with Gasteiger partial charge in [0.15, 0.2) is 11.6 Å². The summed E-state index contributed by atoms with van der Waals surface area (Å²) in [6, 6.07) is 0. The fourth-order valence-corrected chi connectivity index (χ4v) is 1.84. The predicted molar refractivity (Wildman–Crippen MR) is 142 cm³/mol. The van der Waals surface area contributed by atoms with Crippen LogP contribution < -0.4 is 0 Å². The van der Waals surface area contributed by atoms with Gasteiger partial charge in [0.05, 0.1) is 11.7 Å². The predicted octanol–water partition coefficient (Wildman–Crippen LogP) is 6.70. The molecule has 7 heteroatoms. The first-order valence-electron chi connectivity index (χ1n) is 11.8. The SMILES string of the molecule is CC(C)(C)C(=O)C=C(O)C(C)(C)C.CC(C)(C)C(=O)C=C(O)C(C)(C)C.CC(O)CC(C)(C)O.[Ti]. The molecule has 0 aliphatic rings.